The average Bonchev–Trinajstić information content (AvgIpc) is 2.29. The summed E-state index contributed by atoms with van der Waals surface area (Å²) in [5.41, 5.74) is 4.86. The Balaban J connectivity index is 2.90. The van der Waals surface area contributed by atoms with Gasteiger partial charge < -0.3 is 0 Å². The maximum absolute atomic E-state index is 11.6. The first-order valence-corrected chi connectivity index (χ1v) is 6.25. The zero-order valence-corrected chi connectivity index (χ0v) is 11.3. The minimum absolute atomic E-state index is 0.0357. The zero-order chi connectivity index (χ0) is 12.8. The second-order valence-electron chi connectivity index (χ2n) is 4.00. The molecule has 1 amide bonds. The SMILES string of the molecule is CCCCNN(C(C)=O)c1cccc(Cl)c1C. The lowest BCUT2D eigenvalue weighted by atomic mass is 10.2. The van der Waals surface area contributed by atoms with Crippen LogP contribution in [0.15, 0.2) is 18.2 Å². The second kappa shape index (κ2) is 6.62. The van der Waals surface area contributed by atoms with E-state index < -0.39 is 0 Å². The molecule has 1 N–H and O–H groups in total. The summed E-state index contributed by atoms with van der Waals surface area (Å²) in [5, 5.41) is 2.24. The fourth-order valence-electron chi connectivity index (χ4n) is 1.57. The van der Waals surface area contributed by atoms with Crippen LogP contribution in [-0.2, 0) is 4.79 Å². The molecule has 1 rings (SSSR count). The van der Waals surface area contributed by atoms with Crippen LogP contribution >= 0.6 is 11.6 Å². The van der Waals surface area contributed by atoms with Crippen LogP contribution in [0, 0.1) is 6.92 Å². The Bertz CT molecular complexity index is 393. The van der Waals surface area contributed by atoms with Gasteiger partial charge in [-0.1, -0.05) is 31.0 Å². The van der Waals surface area contributed by atoms with E-state index in [4.69, 9.17) is 11.6 Å². The second-order valence-corrected chi connectivity index (χ2v) is 4.41. The van der Waals surface area contributed by atoms with Gasteiger partial charge in [0.15, 0.2) is 0 Å². The first-order chi connectivity index (χ1) is 8.07. The number of carbonyl (C=O) groups excluding carboxylic acids is 1. The molecule has 0 aliphatic heterocycles. The molecular weight excluding hydrogens is 236 g/mol. The van der Waals surface area contributed by atoms with E-state index in [2.05, 4.69) is 12.3 Å². The van der Waals surface area contributed by atoms with E-state index in [0.717, 1.165) is 30.6 Å². The third-order valence-electron chi connectivity index (χ3n) is 2.60. The summed E-state index contributed by atoms with van der Waals surface area (Å²) < 4.78 is 0. The van der Waals surface area contributed by atoms with Crippen molar-refractivity contribution in [2.75, 3.05) is 11.6 Å². The maximum Gasteiger partial charge on any atom is 0.238 e. The number of carbonyl (C=O) groups is 1. The Hall–Kier alpha value is -1.06. The van der Waals surface area contributed by atoms with Gasteiger partial charge in [0, 0.05) is 18.5 Å². The lowest BCUT2D eigenvalue weighted by Gasteiger charge is -2.24. The molecule has 0 heterocycles. The molecule has 0 saturated heterocycles. The molecule has 4 heteroatoms. The maximum atomic E-state index is 11.6. The monoisotopic (exact) mass is 254 g/mol. The Morgan fingerprint density at radius 1 is 1.47 bits per heavy atom. The molecule has 0 bridgehead atoms. The number of amides is 1. The molecule has 0 aromatic heterocycles. The number of rotatable bonds is 5. The van der Waals surface area contributed by atoms with Gasteiger partial charge in [-0.2, -0.15) is 0 Å². The first kappa shape index (κ1) is 14.0. The Labute approximate surface area is 108 Å². The smallest absolute Gasteiger partial charge is 0.238 e. The van der Waals surface area contributed by atoms with Crippen LogP contribution in [0.1, 0.15) is 32.3 Å². The summed E-state index contributed by atoms with van der Waals surface area (Å²) >= 11 is 6.06. The summed E-state index contributed by atoms with van der Waals surface area (Å²) in [4.78, 5) is 11.6. The van der Waals surface area contributed by atoms with Crippen LogP contribution in [0.2, 0.25) is 5.02 Å². The minimum Gasteiger partial charge on any atom is -0.273 e. The van der Waals surface area contributed by atoms with Gasteiger partial charge in [0.2, 0.25) is 5.91 Å². The van der Waals surface area contributed by atoms with Crippen LogP contribution in [0.5, 0.6) is 0 Å². The minimum atomic E-state index is -0.0357. The number of halogens is 1. The third-order valence-corrected chi connectivity index (χ3v) is 3.00. The van der Waals surface area contributed by atoms with Crippen LogP contribution < -0.4 is 10.4 Å². The molecule has 3 nitrogen and oxygen atoms in total. The van der Waals surface area contributed by atoms with E-state index in [9.17, 15) is 4.79 Å². The van der Waals surface area contributed by atoms with Gasteiger partial charge in [-0.15, -0.1) is 0 Å². The summed E-state index contributed by atoms with van der Waals surface area (Å²) in [6, 6.07) is 5.56. The van der Waals surface area contributed by atoms with E-state index >= 15 is 0 Å². The number of hydrogen-bond donors (Lipinski definition) is 1. The van der Waals surface area contributed by atoms with Gasteiger partial charge in [-0.3, -0.25) is 4.79 Å². The number of nitrogens with zero attached hydrogens (tertiary/aromatic N) is 1. The van der Waals surface area contributed by atoms with E-state index in [1.165, 1.54) is 0 Å². The molecule has 0 saturated carbocycles. The molecular formula is C13H19ClN2O. The van der Waals surface area contributed by atoms with Crippen molar-refractivity contribution in [1.82, 2.24) is 5.43 Å². The highest BCUT2D eigenvalue weighted by atomic mass is 35.5. The Morgan fingerprint density at radius 2 is 2.18 bits per heavy atom. The molecule has 0 fully saturated rings. The molecule has 1 aromatic rings. The normalized spacial score (nSPS) is 10.4. The van der Waals surface area contributed by atoms with Gasteiger partial charge in [0.05, 0.1) is 5.69 Å². The summed E-state index contributed by atoms with van der Waals surface area (Å²) in [7, 11) is 0. The number of hydrogen-bond acceptors (Lipinski definition) is 2. The Kier molecular flexibility index (Phi) is 5.45. The highest BCUT2D eigenvalue weighted by Crippen LogP contribution is 2.25. The van der Waals surface area contributed by atoms with Crippen LogP contribution in [0.4, 0.5) is 5.69 Å². The van der Waals surface area contributed by atoms with Crippen molar-refractivity contribution in [3.8, 4) is 0 Å². The molecule has 0 atom stereocenters. The van der Waals surface area contributed by atoms with Crippen molar-refractivity contribution in [3.05, 3.63) is 28.8 Å². The average molecular weight is 255 g/mol. The van der Waals surface area contributed by atoms with E-state index in [-0.39, 0.29) is 5.91 Å². The van der Waals surface area contributed by atoms with Crippen molar-refractivity contribution >= 4 is 23.2 Å². The molecule has 0 radical (unpaired) electrons. The molecule has 17 heavy (non-hydrogen) atoms. The topological polar surface area (TPSA) is 32.3 Å². The summed E-state index contributed by atoms with van der Waals surface area (Å²) in [6.07, 6.45) is 2.12. The third kappa shape index (κ3) is 3.72. The lowest BCUT2D eigenvalue weighted by Crippen LogP contribution is -2.42. The van der Waals surface area contributed by atoms with Crippen LogP contribution in [0.25, 0.3) is 0 Å². The molecule has 94 valence electrons. The summed E-state index contributed by atoms with van der Waals surface area (Å²) in [6.45, 7) is 6.35. The number of nitrogens with one attached hydrogen (secondary N) is 1. The Morgan fingerprint density at radius 3 is 2.76 bits per heavy atom. The number of hydrazine groups is 1. The number of benzene rings is 1. The van der Waals surface area contributed by atoms with Crippen molar-refractivity contribution in [1.29, 1.82) is 0 Å². The van der Waals surface area contributed by atoms with Crippen molar-refractivity contribution in [2.45, 2.75) is 33.6 Å². The van der Waals surface area contributed by atoms with Crippen molar-refractivity contribution in [3.63, 3.8) is 0 Å². The van der Waals surface area contributed by atoms with Gasteiger partial charge in [0.1, 0.15) is 0 Å². The molecule has 0 spiro atoms. The summed E-state index contributed by atoms with van der Waals surface area (Å²) in [5.74, 6) is -0.0357. The fourth-order valence-corrected chi connectivity index (χ4v) is 1.74. The number of unbranched alkanes of at least 4 members (excludes halogenated alkanes) is 1. The van der Waals surface area contributed by atoms with Crippen molar-refractivity contribution < 1.29 is 4.79 Å². The fraction of sp³-hybridized carbons (Fsp3) is 0.462. The molecule has 0 unspecified atom stereocenters. The zero-order valence-electron chi connectivity index (χ0n) is 10.6. The predicted molar refractivity (Wildman–Crippen MR) is 72.3 cm³/mol. The quantitative estimate of drug-likeness (QED) is 0.646. The molecule has 0 aliphatic rings. The predicted octanol–water partition coefficient (Wildman–Crippen LogP) is 3.31. The number of anilines is 1. The van der Waals surface area contributed by atoms with Gasteiger partial charge in [-0.05, 0) is 31.0 Å². The van der Waals surface area contributed by atoms with Crippen LogP contribution in [0.3, 0.4) is 0 Å². The first-order valence-electron chi connectivity index (χ1n) is 5.87. The standard InChI is InChI=1S/C13H19ClN2O/c1-4-5-9-15-16(11(3)17)13-8-6-7-12(14)10(13)2/h6-8,15H,4-5,9H2,1-3H3. The van der Waals surface area contributed by atoms with E-state index in [0.29, 0.717) is 5.02 Å². The largest absolute Gasteiger partial charge is 0.273 e. The van der Waals surface area contributed by atoms with E-state index in [1.54, 1.807) is 11.9 Å². The molecule has 0 aliphatic carbocycles. The highest BCUT2D eigenvalue weighted by molar-refractivity contribution is 6.31. The van der Waals surface area contributed by atoms with E-state index in [1.807, 2.05) is 25.1 Å². The van der Waals surface area contributed by atoms with Gasteiger partial charge >= 0.3 is 0 Å². The highest BCUT2D eigenvalue weighted by Gasteiger charge is 2.14. The van der Waals surface area contributed by atoms with Gasteiger partial charge in [-0.25, -0.2) is 10.4 Å². The van der Waals surface area contributed by atoms with Crippen LogP contribution in [-0.4, -0.2) is 12.5 Å². The molecule has 1 aromatic carbocycles. The van der Waals surface area contributed by atoms with Gasteiger partial charge in [0.25, 0.3) is 0 Å². The lowest BCUT2D eigenvalue weighted by molar-refractivity contribution is -0.117. The van der Waals surface area contributed by atoms with Crippen molar-refractivity contribution in [2.24, 2.45) is 0 Å².